The van der Waals surface area contributed by atoms with E-state index in [4.69, 9.17) is 4.42 Å². The molecular formula is C71H47NO. The lowest BCUT2D eigenvalue weighted by Gasteiger charge is -2.34. The van der Waals surface area contributed by atoms with Crippen molar-refractivity contribution in [1.29, 1.82) is 0 Å². The van der Waals surface area contributed by atoms with Crippen LogP contribution in [0.3, 0.4) is 0 Å². The summed E-state index contributed by atoms with van der Waals surface area (Å²) in [6.45, 7) is 0. The number of nitrogens with zero attached hydrogens (tertiary/aromatic N) is 1. The molecule has 0 saturated carbocycles. The predicted octanol–water partition coefficient (Wildman–Crippen LogP) is 19.2. The van der Waals surface area contributed by atoms with E-state index >= 15 is 0 Å². The monoisotopic (exact) mass is 929 g/mol. The van der Waals surface area contributed by atoms with Gasteiger partial charge in [-0.15, -0.1) is 0 Å². The van der Waals surface area contributed by atoms with Crippen molar-refractivity contribution < 1.29 is 4.42 Å². The number of hydrogen-bond acceptors (Lipinski definition) is 2. The topological polar surface area (TPSA) is 16.4 Å². The molecule has 0 spiro atoms. The number of rotatable bonds is 9. The van der Waals surface area contributed by atoms with Gasteiger partial charge in [0.25, 0.3) is 0 Å². The van der Waals surface area contributed by atoms with Crippen LogP contribution in [-0.2, 0) is 5.41 Å². The summed E-state index contributed by atoms with van der Waals surface area (Å²) in [5.41, 5.74) is 21.4. The summed E-state index contributed by atoms with van der Waals surface area (Å²) in [6.07, 6.45) is 0. The SMILES string of the molecule is c1ccc(-c2ccc(-c3ccc4cc(N(c5ccc(-c6cccc7c6oc6ccccc67)cc5)c5ccccc5-c5cccc6c5-c5ccccc5C6(c5ccccc5)c5ccccc5)ccc4c3)cc2)cc1. The molecule has 1 aliphatic rings. The zero-order valence-corrected chi connectivity index (χ0v) is 40.0. The Bertz CT molecular complexity index is 4130. The Kier molecular flexibility index (Phi) is 10.1. The van der Waals surface area contributed by atoms with E-state index < -0.39 is 5.41 Å². The quantitative estimate of drug-likeness (QED) is 0.143. The molecule has 0 fully saturated rings. The fraction of sp³-hybridized carbons (Fsp3) is 0.0141. The normalized spacial score (nSPS) is 12.5. The first-order chi connectivity index (χ1) is 36.2. The van der Waals surface area contributed by atoms with Gasteiger partial charge in [0.05, 0.1) is 11.1 Å². The van der Waals surface area contributed by atoms with E-state index in [1.54, 1.807) is 0 Å². The molecule has 2 heteroatoms. The average Bonchev–Trinajstić information content (AvgIpc) is 4.03. The van der Waals surface area contributed by atoms with E-state index in [-0.39, 0.29) is 0 Å². The molecule has 0 aliphatic heterocycles. The Balaban J connectivity index is 0.936. The molecule has 1 aliphatic carbocycles. The molecule has 2 nitrogen and oxygen atoms in total. The van der Waals surface area contributed by atoms with Crippen molar-refractivity contribution in [2.45, 2.75) is 5.41 Å². The fourth-order valence-corrected chi connectivity index (χ4v) is 11.8. The van der Waals surface area contributed by atoms with Gasteiger partial charge in [-0.2, -0.15) is 0 Å². The Morgan fingerprint density at radius 1 is 0.301 bits per heavy atom. The molecule has 0 radical (unpaired) electrons. The van der Waals surface area contributed by atoms with Crippen LogP contribution in [-0.4, -0.2) is 0 Å². The minimum absolute atomic E-state index is 0.515. The van der Waals surface area contributed by atoms with Gasteiger partial charge in [-0.3, -0.25) is 0 Å². The average molecular weight is 930 g/mol. The Morgan fingerprint density at radius 2 is 0.808 bits per heavy atom. The van der Waals surface area contributed by atoms with Crippen molar-refractivity contribution in [3.63, 3.8) is 0 Å². The zero-order valence-electron chi connectivity index (χ0n) is 40.0. The zero-order chi connectivity index (χ0) is 48.3. The third kappa shape index (κ3) is 6.94. The van der Waals surface area contributed by atoms with Crippen LogP contribution in [0.1, 0.15) is 22.3 Å². The minimum Gasteiger partial charge on any atom is -0.455 e. The van der Waals surface area contributed by atoms with Gasteiger partial charge in [0.15, 0.2) is 0 Å². The lowest BCUT2D eigenvalue weighted by Crippen LogP contribution is -2.28. The molecule has 0 N–H and O–H groups in total. The van der Waals surface area contributed by atoms with E-state index in [0.29, 0.717) is 0 Å². The molecule has 13 aromatic rings. The highest BCUT2D eigenvalue weighted by atomic mass is 16.3. The van der Waals surface area contributed by atoms with Gasteiger partial charge in [0, 0.05) is 33.3 Å². The molecule has 0 bridgehead atoms. The summed E-state index contributed by atoms with van der Waals surface area (Å²) in [4.78, 5) is 2.44. The van der Waals surface area contributed by atoms with Gasteiger partial charge >= 0.3 is 0 Å². The van der Waals surface area contributed by atoms with Gasteiger partial charge in [-0.25, -0.2) is 0 Å². The van der Waals surface area contributed by atoms with E-state index in [0.717, 1.165) is 55.7 Å². The number of anilines is 3. The molecule has 14 rings (SSSR count). The van der Waals surface area contributed by atoms with Gasteiger partial charge in [-0.05, 0) is 120 Å². The Hall–Kier alpha value is -9.50. The van der Waals surface area contributed by atoms with Crippen LogP contribution >= 0.6 is 0 Å². The van der Waals surface area contributed by atoms with Gasteiger partial charge in [0.1, 0.15) is 11.2 Å². The van der Waals surface area contributed by atoms with Crippen molar-refractivity contribution in [3.8, 4) is 55.6 Å². The molecule has 1 aromatic heterocycles. The van der Waals surface area contributed by atoms with E-state index in [9.17, 15) is 0 Å². The lowest BCUT2D eigenvalue weighted by molar-refractivity contribution is 0.670. The molecule has 0 saturated heterocycles. The van der Waals surface area contributed by atoms with Crippen LogP contribution in [0.4, 0.5) is 17.1 Å². The number of para-hydroxylation sites is 3. The highest BCUT2D eigenvalue weighted by Crippen LogP contribution is 2.59. The molecule has 342 valence electrons. The molecule has 12 aromatic carbocycles. The largest absolute Gasteiger partial charge is 0.455 e. The van der Waals surface area contributed by atoms with Crippen molar-refractivity contribution in [2.24, 2.45) is 0 Å². The maximum Gasteiger partial charge on any atom is 0.143 e. The number of hydrogen-bond donors (Lipinski definition) is 0. The van der Waals surface area contributed by atoms with E-state index in [1.165, 1.54) is 72.0 Å². The van der Waals surface area contributed by atoms with Crippen molar-refractivity contribution in [3.05, 3.63) is 307 Å². The Labute approximate surface area is 425 Å². The van der Waals surface area contributed by atoms with Crippen LogP contribution in [0.5, 0.6) is 0 Å². The minimum atomic E-state index is -0.515. The molecule has 73 heavy (non-hydrogen) atoms. The molecule has 0 amide bonds. The van der Waals surface area contributed by atoms with Crippen LogP contribution in [0.25, 0.3) is 88.3 Å². The summed E-state index contributed by atoms with van der Waals surface area (Å²) in [5.74, 6) is 0. The van der Waals surface area contributed by atoms with Gasteiger partial charge in [-0.1, -0.05) is 243 Å². The Morgan fingerprint density at radius 3 is 1.58 bits per heavy atom. The highest BCUT2D eigenvalue weighted by Gasteiger charge is 2.47. The molecule has 1 heterocycles. The van der Waals surface area contributed by atoms with Crippen molar-refractivity contribution in [2.75, 3.05) is 4.90 Å². The number of furan rings is 1. The third-order valence-corrected chi connectivity index (χ3v) is 15.2. The predicted molar refractivity (Wildman–Crippen MR) is 305 cm³/mol. The number of benzene rings is 12. The highest BCUT2D eigenvalue weighted by molar-refractivity contribution is 6.10. The standard InChI is InChI=1S/C71H47NO/c1-4-18-48(19-5-1)49-34-36-50(37-35-49)52-38-39-54-47-58(45-42-53(54)46-52)72(57-43-40-51(41-44-57)59-27-16-29-63-61-25-12-15-33-68(61)73-70(59)63)67-32-14-11-24-60(67)62-28-17-31-66-69(62)64-26-10-13-30-65(64)71(66,55-20-6-2-7-21-55)56-22-8-3-9-23-56/h1-47H. The lowest BCUT2D eigenvalue weighted by atomic mass is 9.67. The first kappa shape index (κ1) is 42.4. The molecular weight excluding hydrogens is 883 g/mol. The number of fused-ring (bicyclic) bond motifs is 7. The van der Waals surface area contributed by atoms with Crippen LogP contribution in [0.15, 0.2) is 290 Å². The maximum absolute atomic E-state index is 6.54. The van der Waals surface area contributed by atoms with Crippen LogP contribution in [0, 0.1) is 0 Å². The van der Waals surface area contributed by atoms with E-state index in [1.807, 2.05) is 6.07 Å². The summed E-state index contributed by atoms with van der Waals surface area (Å²) in [5, 5.41) is 4.61. The summed E-state index contributed by atoms with van der Waals surface area (Å²) < 4.78 is 6.54. The van der Waals surface area contributed by atoms with E-state index in [2.05, 4.69) is 284 Å². The van der Waals surface area contributed by atoms with Gasteiger partial charge in [0.2, 0.25) is 0 Å². The summed E-state index contributed by atoms with van der Waals surface area (Å²) in [7, 11) is 0. The molecule has 0 unspecified atom stereocenters. The maximum atomic E-state index is 6.54. The third-order valence-electron chi connectivity index (χ3n) is 15.2. The van der Waals surface area contributed by atoms with Crippen LogP contribution in [0.2, 0.25) is 0 Å². The first-order valence-electron chi connectivity index (χ1n) is 25.2. The summed E-state index contributed by atoms with van der Waals surface area (Å²) >= 11 is 0. The van der Waals surface area contributed by atoms with Crippen molar-refractivity contribution in [1.82, 2.24) is 0 Å². The van der Waals surface area contributed by atoms with Gasteiger partial charge < -0.3 is 9.32 Å². The van der Waals surface area contributed by atoms with Crippen LogP contribution < -0.4 is 4.90 Å². The van der Waals surface area contributed by atoms with Crippen molar-refractivity contribution >= 4 is 49.8 Å². The second-order valence-electron chi connectivity index (χ2n) is 19.1. The molecule has 0 atom stereocenters. The second kappa shape index (κ2) is 17.4. The first-order valence-corrected chi connectivity index (χ1v) is 25.2. The second-order valence-corrected chi connectivity index (χ2v) is 19.1. The summed E-state index contributed by atoms with van der Waals surface area (Å²) in [6, 6.07) is 104. The smallest absolute Gasteiger partial charge is 0.143 e. The fourth-order valence-electron chi connectivity index (χ4n) is 11.8.